The van der Waals surface area contributed by atoms with Gasteiger partial charge in [-0.05, 0) is 13.8 Å². The first-order valence-corrected chi connectivity index (χ1v) is 12.6. The van der Waals surface area contributed by atoms with Crippen molar-refractivity contribution in [3.63, 3.8) is 0 Å². The molecule has 0 aliphatic carbocycles. The van der Waals surface area contributed by atoms with Gasteiger partial charge >= 0.3 is 16.3 Å². The lowest BCUT2D eigenvalue weighted by atomic mass is 9.98. The molecule has 19 nitrogen and oxygen atoms in total. The number of nitrogens with two attached hydrogens (primary N) is 3. The lowest BCUT2D eigenvalue weighted by Gasteiger charge is -2.43. The van der Waals surface area contributed by atoms with Crippen molar-refractivity contribution in [1.82, 2.24) is 29.6 Å². The molecule has 21 heteroatoms. The molecule has 3 rings (SSSR count). The van der Waals surface area contributed by atoms with Gasteiger partial charge in [-0.15, -0.1) is 16.4 Å². The third-order valence-corrected chi connectivity index (χ3v) is 6.57. The Morgan fingerprint density at radius 1 is 1.34 bits per heavy atom. The van der Waals surface area contributed by atoms with Crippen molar-refractivity contribution in [3.05, 3.63) is 23.0 Å². The Kier molecular flexibility index (Phi) is 7.83. The van der Waals surface area contributed by atoms with E-state index in [-0.39, 0.29) is 34.2 Å². The van der Waals surface area contributed by atoms with Crippen molar-refractivity contribution >= 4 is 56.2 Å². The van der Waals surface area contributed by atoms with Crippen LogP contribution >= 0.6 is 11.3 Å². The number of carboxylic acids is 1. The zero-order chi connectivity index (χ0) is 28.4. The number of carboxylic acid groups (broad SMARTS) is 1. The normalized spacial score (nSPS) is 18.0. The van der Waals surface area contributed by atoms with Crippen LogP contribution in [-0.2, 0) is 42.6 Å². The molecule has 1 aliphatic heterocycles. The number of nitrogens with zero attached hydrogens (tertiary/aromatic N) is 7. The largest absolute Gasteiger partial charge is 0.478 e. The minimum atomic E-state index is -5.01. The Balaban J connectivity index is 1.87. The summed E-state index contributed by atoms with van der Waals surface area (Å²) in [5.41, 5.74) is 14.0. The molecule has 1 aliphatic rings. The molecule has 1 fully saturated rings. The Morgan fingerprint density at radius 3 is 2.58 bits per heavy atom. The van der Waals surface area contributed by atoms with Crippen LogP contribution in [0.2, 0.25) is 0 Å². The average Bonchev–Trinajstić information content (AvgIpc) is 3.43. The van der Waals surface area contributed by atoms with Crippen LogP contribution in [0.5, 0.6) is 0 Å². The molecule has 1 saturated heterocycles. The van der Waals surface area contributed by atoms with Crippen molar-refractivity contribution < 1.29 is 37.3 Å². The number of aromatic nitrogens is 4. The molecule has 0 saturated carbocycles. The number of hydrogen-bond acceptors (Lipinski definition) is 13. The van der Waals surface area contributed by atoms with E-state index in [0.717, 1.165) is 16.0 Å². The number of aliphatic carboxylic acids is 1. The molecule has 9 N–H and O–H groups in total. The standard InChI is InChI=1S/C17H23N11O8S2/c1-17(2,14(31)32)36-25-10(8-6-37-16(20)22-8)12(29)23-11-9(28(13(11)30)38(33,34)35)5-27-4-7(24-26-27)3-21-15(18)19/h4,6,9,11H,3,5H2,1-2H3,(H2,20,22)(H,23,29)(H,31,32)(H4,18,19,21)(H,33,34,35). The Bertz CT molecular complexity index is 1410. The molecule has 0 aromatic carbocycles. The number of oxime groups is 1. The second kappa shape index (κ2) is 10.5. The molecule has 206 valence electrons. The molecular formula is C17H23N11O8S2. The third kappa shape index (κ3) is 6.30. The van der Waals surface area contributed by atoms with Gasteiger partial charge in [-0.1, -0.05) is 10.4 Å². The van der Waals surface area contributed by atoms with Crippen LogP contribution in [0.4, 0.5) is 5.13 Å². The van der Waals surface area contributed by atoms with Gasteiger partial charge < -0.3 is 32.5 Å². The summed E-state index contributed by atoms with van der Waals surface area (Å²) in [6.45, 7) is 2.00. The Hall–Kier alpha value is -4.37. The van der Waals surface area contributed by atoms with E-state index in [1.165, 1.54) is 25.4 Å². The van der Waals surface area contributed by atoms with Gasteiger partial charge in [0.15, 0.2) is 16.8 Å². The van der Waals surface area contributed by atoms with E-state index < -0.39 is 51.5 Å². The number of guanidine groups is 1. The quantitative estimate of drug-likeness (QED) is 0.0509. The van der Waals surface area contributed by atoms with E-state index >= 15 is 0 Å². The van der Waals surface area contributed by atoms with Crippen LogP contribution < -0.4 is 22.5 Å². The number of thiazole rings is 1. The number of nitrogens with one attached hydrogen (secondary N) is 1. The summed E-state index contributed by atoms with van der Waals surface area (Å²) in [7, 11) is -5.01. The minimum absolute atomic E-state index is 0.0304. The van der Waals surface area contributed by atoms with Gasteiger partial charge in [-0.2, -0.15) is 8.42 Å². The number of hydrogen-bond donors (Lipinski definition) is 6. The SMILES string of the molecule is CC(C)(ON=C(C(=O)NC1C(=O)N(S(=O)(=O)O)C1Cn1cc(CN=C(N)N)nn1)c1csc(N)n1)C(=O)O. The lowest BCUT2D eigenvalue weighted by molar-refractivity contribution is -0.161. The fourth-order valence-corrected chi connectivity index (χ4v) is 4.43. The fraction of sp³-hybridized carbons (Fsp3) is 0.412. The van der Waals surface area contributed by atoms with Gasteiger partial charge in [0, 0.05) is 5.38 Å². The van der Waals surface area contributed by atoms with Crippen molar-refractivity contribution in [2.75, 3.05) is 5.73 Å². The van der Waals surface area contributed by atoms with Gasteiger partial charge in [0.05, 0.1) is 25.3 Å². The van der Waals surface area contributed by atoms with Gasteiger partial charge in [-0.3, -0.25) is 14.1 Å². The monoisotopic (exact) mass is 573 g/mol. The summed E-state index contributed by atoms with van der Waals surface area (Å²) in [6.07, 6.45) is 1.36. The van der Waals surface area contributed by atoms with E-state index in [0.29, 0.717) is 5.69 Å². The third-order valence-electron chi connectivity index (χ3n) is 4.95. The number of amides is 2. The Morgan fingerprint density at radius 2 is 2.03 bits per heavy atom. The predicted molar refractivity (Wildman–Crippen MR) is 130 cm³/mol. The van der Waals surface area contributed by atoms with Crippen LogP contribution in [0.25, 0.3) is 0 Å². The minimum Gasteiger partial charge on any atom is -0.478 e. The second-order valence-electron chi connectivity index (χ2n) is 8.22. The number of carbonyl (C=O) groups excluding carboxylic acids is 2. The van der Waals surface area contributed by atoms with Crippen molar-refractivity contribution in [1.29, 1.82) is 0 Å². The first-order valence-electron chi connectivity index (χ1n) is 10.4. The second-order valence-corrected chi connectivity index (χ2v) is 10.4. The van der Waals surface area contributed by atoms with E-state index in [4.69, 9.17) is 22.0 Å². The zero-order valence-electron chi connectivity index (χ0n) is 19.7. The van der Waals surface area contributed by atoms with Crippen LogP contribution in [0.3, 0.4) is 0 Å². The van der Waals surface area contributed by atoms with Crippen molar-refractivity contribution in [2.45, 2.75) is 44.6 Å². The molecule has 2 aromatic heterocycles. The molecule has 2 atom stereocenters. The maximum absolute atomic E-state index is 13.1. The number of rotatable bonds is 11. The summed E-state index contributed by atoms with van der Waals surface area (Å²) in [5, 5.41) is 24.2. The van der Waals surface area contributed by atoms with Crippen LogP contribution in [0, 0.1) is 0 Å². The van der Waals surface area contributed by atoms with Gasteiger partial charge in [0.1, 0.15) is 17.4 Å². The molecular weight excluding hydrogens is 550 g/mol. The molecule has 38 heavy (non-hydrogen) atoms. The molecule has 3 heterocycles. The van der Waals surface area contributed by atoms with Gasteiger partial charge in [-0.25, -0.2) is 23.8 Å². The van der Waals surface area contributed by atoms with Crippen molar-refractivity contribution in [3.8, 4) is 0 Å². The average molecular weight is 574 g/mol. The number of anilines is 1. The molecule has 2 amide bonds. The molecule has 0 radical (unpaired) electrons. The van der Waals surface area contributed by atoms with E-state index in [1.54, 1.807) is 0 Å². The predicted octanol–water partition coefficient (Wildman–Crippen LogP) is -3.13. The maximum Gasteiger partial charge on any atom is 0.362 e. The maximum atomic E-state index is 13.1. The van der Waals surface area contributed by atoms with Crippen LogP contribution in [0.15, 0.2) is 21.7 Å². The summed E-state index contributed by atoms with van der Waals surface area (Å²) >= 11 is 0.946. The number of aliphatic imine (C=N–C) groups is 1. The zero-order valence-corrected chi connectivity index (χ0v) is 21.4. The highest BCUT2D eigenvalue weighted by molar-refractivity contribution is 7.84. The van der Waals surface area contributed by atoms with E-state index in [2.05, 4.69) is 30.8 Å². The van der Waals surface area contributed by atoms with Crippen LogP contribution in [0.1, 0.15) is 25.2 Å². The first-order chi connectivity index (χ1) is 17.6. The highest BCUT2D eigenvalue weighted by Crippen LogP contribution is 2.25. The lowest BCUT2D eigenvalue weighted by Crippen LogP contribution is -2.73. The number of nitrogen functional groups attached to an aromatic ring is 1. The molecule has 0 bridgehead atoms. The van der Waals surface area contributed by atoms with Gasteiger partial charge in [0.25, 0.3) is 11.8 Å². The van der Waals surface area contributed by atoms with Crippen LogP contribution in [-0.4, -0.2) is 89.5 Å². The summed E-state index contributed by atoms with van der Waals surface area (Å²) in [5.74, 6) is -3.80. The van der Waals surface area contributed by atoms with E-state index in [1.807, 2.05) is 0 Å². The topological polar surface area (TPSA) is 297 Å². The smallest absolute Gasteiger partial charge is 0.362 e. The molecule has 0 spiro atoms. The summed E-state index contributed by atoms with van der Waals surface area (Å²) in [6, 6.07) is -2.82. The summed E-state index contributed by atoms with van der Waals surface area (Å²) in [4.78, 5) is 49.7. The highest BCUT2D eigenvalue weighted by Gasteiger charge is 2.54. The highest BCUT2D eigenvalue weighted by atomic mass is 32.2. The fourth-order valence-electron chi connectivity index (χ4n) is 3.01. The number of carbonyl (C=O) groups is 3. The number of β-lactam (4-membered cyclic amide) rings is 1. The summed E-state index contributed by atoms with van der Waals surface area (Å²) < 4.78 is 34.5. The molecule has 2 aromatic rings. The van der Waals surface area contributed by atoms with E-state index in [9.17, 15) is 32.5 Å². The molecule has 2 unspecified atom stereocenters. The first kappa shape index (κ1) is 28.2. The van der Waals surface area contributed by atoms with Crippen molar-refractivity contribution in [2.24, 2.45) is 21.6 Å². The Labute approximate surface area is 218 Å². The van der Waals surface area contributed by atoms with Gasteiger partial charge in [0.2, 0.25) is 5.60 Å².